The van der Waals surface area contributed by atoms with E-state index >= 15 is 0 Å². The summed E-state index contributed by atoms with van der Waals surface area (Å²) < 4.78 is 10.1. The maximum atomic E-state index is 11.9. The molecule has 100 valence electrons. The second-order valence-corrected chi connectivity index (χ2v) is 3.70. The lowest BCUT2D eigenvalue weighted by Crippen LogP contribution is -2.35. The first-order valence-corrected chi connectivity index (χ1v) is 5.65. The van der Waals surface area contributed by atoms with Crippen LogP contribution in [0.2, 0.25) is 0 Å². The van der Waals surface area contributed by atoms with Gasteiger partial charge in [0.2, 0.25) is 0 Å². The molecule has 0 saturated carbocycles. The number of rotatable bonds is 7. The number of carbonyl (C=O) groups is 1. The van der Waals surface area contributed by atoms with Crippen LogP contribution >= 0.6 is 0 Å². The predicted molar refractivity (Wildman–Crippen MR) is 68.8 cm³/mol. The lowest BCUT2D eigenvalue weighted by atomic mass is 10.2. The fourth-order valence-corrected chi connectivity index (χ4v) is 1.41. The lowest BCUT2D eigenvalue weighted by molar-refractivity contribution is 0.0285. The quantitative estimate of drug-likeness (QED) is 0.741. The van der Waals surface area contributed by atoms with Gasteiger partial charge in [-0.25, -0.2) is 4.98 Å². The number of carbonyl (C=O) groups excluding carboxylic acids is 1. The van der Waals surface area contributed by atoms with Crippen LogP contribution in [-0.4, -0.2) is 51.4 Å². The summed E-state index contributed by atoms with van der Waals surface area (Å²) in [6.07, 6.45) is 1.44. The number of hydrogen-bond donors (Lipinski definition) is 2. The van der Waals surface area contributed by atoms with E-state index in [0.29, 0.717) is 24.5 Å². The molecule has 1 amide bonds. The normalized spacial score (nSPS) is 11.9. The van der Waals surface area contributed by atoms with Crippen LogP contribution in [0.5, 0.6) is 0 Å². The van der Waals surface area contributed by atoms with Gasteiger partial charge in [0, 0.05) is 39.6 Å². The summed E-state index contributed by atoms with van der Waals surface area (Å²) in [5.41, 5.74) is 0.557. The first-order chi connectivity index (χ1) is 8.71. The van der Waals surface area contributed by atoms with Gasteiger partial charge < -0.3 is 20.1 Å². The number of pyridine rings is 1. The SMILES string of the molecule is CNc1cc(C(=O)NCC(COC)OC)ccn1. The Morgan fingerprint density at radius 1 is 1.50 bits per heavy atom. The van der Waals surface area contributed by atoms with Crippen molar-refractivity contribution in [1.82, 2.24) is 10.3 Å². The molecule has 0 bridgehead atoms. The van der Waals surface area contributed by atoms with Gasteiger partial charge in [0.15, 0.2) is 0 Å². The van der Waals surface area contributed by atoms with Gasteiger partial charge in [-0.3, -0.25) is 4.79 Å². The van der Waals surface area contributed by atoms with Crippen molar-refractivity contribution in [2.24, 2.45) is 0 Å². The minimum Gasteiger partial charge on any atom is -0.382 e. The van der Waals surface area contributed by atoms with Gasteiger partial charge in [0.25, 0.3) is 5.91 Å². The van der Waals surface area contributed by atoms with E-state index in [2.05, 4.69) is 15.6 Å². The number of methoxy groups -OCH3 is 2. The first-order valence-electron chi connectivity index (χ1n) is 5.65. The van der Waals surface area contributed by atoms with Crippen molar-refractivity contribution in [3.63, 3.8) is 0 Å². The van der Waals surface area contributed by atoms with Crippen LogP contribution in [0, 0.1) is 0 Å². The minimum absolute atomic E-state index is 0.149. The topological polar surface area (TPSA) is 72.5 Å². The van der Waals surface area contributed by atoms with E-state index in [0.717, 1.165) is 0 Å². The first kappa shape index (κ1) is 14.4. The largest absolute Gasteiger partial charge is 0.382 e. The Labute approximate surface area is 107 Å². The highest BCUT2D eigenvalue weighted by Gasteiger charge is 2.11. The summed E-state index contributed by atoms with van der Waals surface area (Å²) in [6.45, 7) is 0.843. The molecular weight excluding hydrogens is 234 g/mol. The van der Waals surface area contributed by atoms with Crippen LogP contribution in [0.3, 0.4) is 0 Å². The van der Waals surface area contributed by atoms with Crippen molar-refractivity contribution < 1.29 is 14.3 Å². The molecule has 0 spiro atoms. The molecule has 2 N–H and O–H groups in total. The Balaban J connectivity index is 2.53. The van der Waals surface area contributed by atoms with Gasteiger partial charge in [-0.1, -0.05) is 0 Å². The number of amides is 1. The molecule has 0 aliphatic rings. The minimum atomic E-state index is -0.160. The summed E-state index contributed by atoms with van der Waals surface area (Å²) in [6, 6.07) is 3.35. The molecule has 6 nitrogen and oxygen atoms in total. The van der Waals surface area contributed by atoms with Crippen molar-refractivity contribution >= 4 is 11.7 Å². The summed E-state index contributed by atoms with van der Waals surface area (Å²) in [7, 11) is 4.93. The van der Waals surface area contributed by atoms with Gasteiger partial charge in [-0.2, -0.15) is 0 Å². The third-order valence-electron chi connectivity index (χ3n) is 2.45. The molecule has 0 aromatic carbocycles. The van der Waals surface area contributed by atoms with Crippen LogP contribution in [0.1, 0.15) is 10.4 Å². The Morgan fingerprint density at radius 3 is 2.89 bits per heavy atom. The number of hydrogen-bond acceptors (Lipinski definition) is 5. The lowest BCUT2D eigenvalue weighted by Gasteiger charge is -2.15. The number of aromatic nitrogens is 1. The molecule has 0 radical (unpaired) electrons. The fourth-order valence-electron chi connectivity index (χ4n) is 1.41. The van der Waals surface area contributed by atoms with E-state index in [9.17, 15) is 4.79 Å². The van der Waals surface area contributed by atoms with E-state index in [1.54, 1.807) is 39.6 Å². The predicted octanol–water partition coefficient (Wildman–Crippen LogP) is 0.514. The van der Waals surface area contributed by atoms with Crippen molar-refractivity contribution in [3.8, 4) is 0 Å². The van der Waals surface area contributed by atoms with E-state index in [1.807, 2.05) is 0 Å². The Morgan fingerprint density at radius 2 is 2.28 bits per heavy atom. The molecule has 0 fully saturated rings. The van der Waals surface area contributed by atoms with Gasteiger partial charge in [-0.05, 0) is 12.1 Å². The van der Waals surface area contributed by atoms with Crippen molar-refractivity contribution in [2.75, 3.05) is 39.7 Å². The summed E-state index contributed by atoms with van der Waals surface area (Å²) in [5.74, 6) is 0.495. The average molecular weight is 253 g/mol. The third-order valence-corrected chi connectivity index (χ3v) is 2.45. The van der Waals surface area contributed by atoms with E-state index in [-0.39, 0.29) is 12.0 Å². The zero-order valence-electron chi connectivity index (χ0n) is 10.9. The second kappa shape index (κ2) is 7.62. The monoisotopic (exact) mass is 253 g/mol. The molecular formula is C12H19N3O3. The molecule has 1 unspecified atom stereocenters. The molecule has 1 heterocycles. The zero-order valence-corrected chi connectivity index (χ0v) is 10.9. The highest BCUT2D eigenvalue weighted by Crippen LogP contribution is 2.05. The maximum Gasteiger partial charge on any atom is 0.251 e. The van der Waals surface area contributed by atoms with Crippen molar-refractivity contribution in [1.29, 1.82) is 0 Å². The maximum absolute atomic E-state index is 11.9. The molecule has 1 aromatic rings. The molecule has 6 heteroatoms. The van der Waals surface area contributed by atoms with E-state index in [4.69, 9.17) is 9.47 Å². The molecule has 1 rings (SSSR count). The summed E-state index contributed by atoms with van der Waals surface area (Å²) >= 11 is 0. The molecule has 18 heavy (non-hydrogen) atoms. The van der Waals surface area contributed by atoms with E-state index < -0.39 is 0 Å². The van der Waals surface area contributed by atoms with E-state index in [1.165, 1.54) is 0 Å². The molecule has 1 atom stereocenters. The summed E-state index contributed by atoms with van der Waals surface area (Å²) in [4.78, 5) is 15.9. The Kier molecular flexibility index (Phi) is 6.10. The molecule has 0 aliphatic carbocycles. The number of ether oxygens (including phenoxy) is 2. The molecule has 1 aromatic heterocycles. The van der Waals surface area contributed by atoms with Gasteiger partial charge in [0.05, 0.1) is 12.7 Å². The molecule has 0 aliphatic heterocycles. The standard InChI is InChI=1S/C12H19N3O3/c1-13-11-6-9(4-5-14-11)12(16)15-7-10(18-3)8-17-2/h4-6,10H,7-8H2,1-3H3,(H,13,14)(H,15,16). The number of nitrogens with zero attached hydrogens (tertiary/aromatic N) is 1. The van der Waals surface area contributed by atoms with Crippen molar-refractivity contribution in [3.05, 3.63) is 23.9 Å². The average Bonchev–Trinajstić information content (AvgIpc) is 2.43. The Bertz CT molecular complexity index is 385. The van der Waals surface area contributed by atoms with Crippen molar-refractivity contribution in [2.45, 2.75) is 6.10 Å². The van der Waals surface area contributed by atoms with Crippen LogP contribution in [0.15, 0.2) is 18.3 Å². The second-order valence-electron chi connectivity index (χ2n) is 3.70. The Hall–Kier alpha value is -1.66. The molecule has 0 saturated heterocycles. The number of anilines is 1. The van der Waals surface area contributed by atoms with Gasteiger partial charge in [0.1, 0.15) is 5.82 Å². The highest BCUT2D eigenvalue weighted by atomic mass is 16.5. The van der Waals surface area contributed by atoms with Crippen LogP contribution in [-0.2, 0) is 9.47 Å². The summed E-state index contributed by atoms with van der Waals surface area (Å²) in [5, 5.41) is 5.67. The number of nitrogens with one attached hydrogen (secondary N) is 2. The van der Waals surface area contributed by atoms with Gasteiger partial charge in [-0.15, -0.1) is 0 Å². The zero-order chi connectivity index (χ0) is 13.4. The smallest absolute Gasteiger partial charge is 0.251 e. The van der Waals surface area contributed by atoms with Crippen LogP contribution in [0.4, 0.5) is 5.82 Å². The third kappa shape index (κ3) is 4.31. The highest BCUT2D eigenvalue weighted by molar-refractivity contribution is 5.94. The van der Waals surface area contributed by atoms with Crippen LogP contribution in [0.25, 0.3) is 0 Å². The fraction of sp³-hybridized carbons (Fsp3) is 0.500. The van der Waals surface area contributed by atoms with Crippen LogP contribution < -0.4 is 10.6 Å². The van der Waals surface area contributed by atoms with Gasteiger partial charge >= 0.3 is 0 Å².